The van der Waals surface area contributed by atoms with Crippen LogP contribution < -0.4 is 5.73 Å². The lowest BCUT2D eigenvalue weighted by atomic mass is 10.3. The normalized spacial score (nSPS) is 12.8. The van der Waals surface area contributed by atoms with Crippen molar-refractivity contribution < 1.29 is 0 Å². The topological polar surface area (TPSA) is 26.0 Å². The first kappa shape index (κ1) is 7.79. The van der Waals surface area contributed by atoms with Crippen molar-refractivity contribution in [3.05, 3.63) is 24.1 Å². The molecule has 0 bridgehead atoms. The van der Waals surface area contributed by atoms with Crippen LogP contribution in [0.5, 0.6) is 0 Å². The highest BCUT2D eigenvalue weighted by atomic mass is 32.2. The van der Waals surface area contributed by atoms with Crippen LogP contribution in [0.25, 0.3) is 0 Å². The molecule has 0 saturated carbocycles. The van der Waals surface area contributed by atoms with Crippen molar-refractivity contribution in [2.75, 3.05) is 6.26 Å². The van der Waals surface area contributed by atoms with E-state index in [0.717, 1.165) is 4.91 Å². The zero-order valence-corrected chi connectivity index (χ0v) is 5.87. The van der Waals surface area contributed by atoms with E-state index in [4.69, 9.17) is 5.73 Å². The van der Waals surface area contributed by atoms with Crippen molar-refractivity contribution in [3.8, 4) is 0 Å². The van der Waals surface area contributed by atoms with Gasteiger partial charge in [0.1, 0.15) is 0 Å². The average molecular weight is 129 g/mol. The van der Waals surface area contributed by atoms with Crippen LogP contribution in [0.15, 0.2) is 24.1 Å². The minimum absolute atomic E-state index is 0.0509. The quantitative estimate of drug-likeness (QED) is 0.582. The first-order chi connectivity index (χ1) is 3.72. The molecule has 0 aliphatic carbocycles. The summed E-state index contributed by atoms with van der Waals surface area (Å²) >= 11 is 1.57. The van der Waals surface area contributed by atoms with Crippen LogP contribution in [0.1, 0.15) is 0 Å². The molecule has 1 unspecified atom stereocenters. The Kier molecular flexibility index (Phi) is 3.65. The molecule has 2 heteroatoms. The second kappa shape index (κ2) is 3.75. The van der Waals surface area contributed by atoms with Crippen molar-refractivity contribution in [2.24, 2.45) is 5.73 Å². The lowest BCUT2D eigenvalue weighted by molar-refractivity contribution is 1.02. The monoisotopic (exact) mass is 129 g/mol. The van der Waals surface area contributed by atoms with E-state index in [1.165, 1.54) is 0 Å². The SMILES string of the molecule is C=CC(N)C(=C)SC. The third-order valence-electron chi connectivity index (χ3n) is 0.888. The Hall–Kier alpha value is -0.210. The molecule has 46 valence electrons. The van der Waals surface area contributed by atoms with Crippen molar-refractivity contribution >= 4 is 11.8 Å². The number of rotatable bonds is 3. The van der Waals surface area contributed by atoms with Gasteiger partial charge in [-0.2, -0.15) is 0 Å². The van der Waals surface area contributed by atoms with Crippen LogP contribution in [0, 0.1) is 0 Å². The van der Waals surface area contributed by atoms with E-state index in [2.05, 4.69) is 13.2 Å². The Labute approximate surface area is 54.6 Å². The molecule has 8 heavy (non-hydrogen) atoms. The molecule has 0 fully saturated rings. The molecule has 0 amide bonds. The summed E-state index contributed by atoms with van der Waals surface area (Å²) < 4.78 is 0. The van der Waals surface area contributed by atoms with E-state index in [0.29, 0.717) is 0 Å². The molecule has 0 aromatic heterocycles. The molecule has 0 radical (unpaired) electrons. The van der Waals surface area contributed by atoms with Crippen LogP contribution in [0.3, 0.4) is 0 Å². The van der Waals surface area contributed by atoms with Gasteiger partial charge in [-0.05, 0) is 11.2 Å². The fourth-order valence-electron chi connectivity index (χ4n) is 0.268. The summed E-state index contributed by atoms with van der Waals surface area (Å²) in [5.41, 5.74) is 5.49. The Balaban J connectivity index is 3.62. The zero-order valence-electron chi connectivity index (χ0n) is 5.05. The van der Waals surface area contributed by atoms with Gasteiger partial charge in [-0.15, -0.1) is 18.3 Å². The van der Waals surface area contributed by atoms with Gasteiger partial charge in [0.25, 0.3) is 0 Å². The average Bonchev–Trinajstić information content (AvgIpc) is 1.84. The summed E-state index contributed by atoms with van der Waals surface area (Å²) in [6, 6.07) is -0.0509. The number of hydrogen-bond acceptors (Lipinski definition) is 2. The molecule has 0 aliphatic rings. The van der Waals surface area contributed by atoms with Gasteiger partial charge in [0, 0.05) is 0 Å². The summed E-state index contributed by atoms with van der Waals surface area (Å²) in [6.07, 6.45) is 3.63. The Bertz CT molecular complexity index is 98.7. The van der Waals surface area contributed by atoms with Crippen molar-refractivity contribution in [1.82, 2.24) is 0 Å². The first-order valence-electron chi connectivity index (χ1n) is 2.33. The van der Waals surface area contributed by atoms with Crippen LogP contribution in [0.2, 0.25) is 0 Å². The Morgan fingerprint density at radius 1 is 1.88 bits per heavy atom. The van der Waals surface area contributed by atoms with Crippen molar-refractivity contribution in [1.29, 1.82) is 0 Å². The second-order valence-electron chi connectivity index (χ2n) is 1.43. The summed E-state index contributed by atoms with van der Waals surface area (Å²) in [4.78, 5) is 0.958. The minimum atomic E-state index is -0.0509. The lowest BCUT2D eigenvalue weighted by Gasteiger charge is -2.04. The molecular formula is C6H11NS. The van der Waals surface area contributed by atoms with Gasteiger partial charge in [-0.3, -0.25) is 0 Å². The molecule has 0 rings (SSSR count). The molecule has 1 atom stereocenters. The molecule has 0 spiro atoms. The maximum absolute atomic E-state index is 5.49. The van der Waals surface area contributed by atoms with E-state index < -0.39 is 0 Å². The smallest absolute Gasteiger partial charge is 0.0532 e. The van der Waals surface area contributed by atoms with Gasteiger partial charge in [-0.1, -0.05) is 12.7 Å². The van der Waals surface area contributed by atoms with E-state index in [1.54, 1.807) is 17.8 Å². The van der Waals surface area contributed by atoms with Gasteiger partial charge in [-0.25, -0.2) is 0 Å². The van der Waals surface area contributed by atoms with Gasteiger partial charge >= 0.3 is 0 Å². The molecular weight excluding hydrogens is 118 g/mol. The predicted molar refractivity (Wildman–Crippen MR) is 40.8 cm³/mol. The lowest BCUT2D eigenvalue weighted by Crippen LogP contribution is -2.16. The minimum Gasteiger partial charge on any atom is -0.320 e. The fourth-order valence-corrected chi connectivity index (χ4v) is 0.636. The summed E-state index contributed by atoms with van der Waals surface area (Å²) in [6.45, 7) is 7.24. The molecule has 0 heterocycles. The summed E-state index contributed by atoms with van der Waals surface area (Å²) in [5, 5.41) is 0. The maximum Gasteiger partial charge on any atom is 0.0532 e. The van der Waals surface area contributed by atoms with E-state index in [1.807, 2.05) is 6.26 Å². The van der Waals surface area contributed by atoms with Crippen LogP contribution >= 0.6 is 11.8 Å². The van der Waals surface area contributed by atoms with Gasteiger partial charge in [0.15, 0.2) is 0 Å². The number of thioether (sulfide) groups is 1. The van der Waals surface area contributed by atoms with Gasteiger partial charge in [0.2, 0.25) is 0 Å². The number of hydrogen-bond donors (Lipinski definition) is 1. The van der Waals surface area contributed by atoms with Crippen LogP contribution in [0.4, 0.5) is 0 Å². The molecule has 0 saturated heterocycles. The summed E-state index contributed by atoms with van der Waals surface area (Å²) in [7, 11) is 0. The maximum atomic E-state index is 5.49. The molecule has 0 aromatic carbocycles. The highest BCUT2D eigenvalue weighted by molar-refractivity contribution is 8.02. The third kappa shape index (κ3) is 2.19. The number of nitrogens with two attached hydrogens (primary N) is 1. The van der Waals surface area contributed by atoms with Crippen LogP contribution in [-0.4, -0.2) is 12.3 Å². The fraction of sp³-hybridized carbons (Fsp3) is 0.333. The molecule has 0 aliphatic heterocycles. The summed E-state index contributed by atoms with van der Waals surface area (Å²) in [5.74, 6) is 0. The molecule has 2 N–H and O–H groups in total. The van der Waals surface area contributed by atoms with E-state index in [-0.39, 0.29) is 6.04 Å². The van der Waals surface area contributed by atoms with Crippen LogP contribution in [-0.2, 0) is 0 Å². The predicted octanol–water partition coefficient (Wildman–Crippen LogP) is 1.38. The highest BCUT2D eigenvalue weighted by Crippen LogP contribution is 2.11. The largest absolute Gasteiger partial charge is 0.320 e. The van der Waals surface area contributed by atoms with Crippen molar-refractivity contribution in [3.63, 3.8) is 0 Å². The Morgan fingerprint density at radius 2 is 2.38 bits per heavy atom. The zero-order chi connectivity index (χ0) is 6.57. The van der Waals surface area contributed by atoms with Gasteiger partial charge in [0.05, 0.1) is 6.04 Å². The molecule has 1 nitrogen and oxygen atoms in total. The third-order valence-corrected chi connectivity index (χ3v) is 1.68. The van der Waals surface area contributed by atoms with Gasteiger partial charge < -0.3 is 5.73 Å². The first-order valence-corrected chi connectivity index (χ1v) is 3.55. The molecule has 0 aromatic rings. The van der Waals surface area contributed by atoms with E-state index >= 15 is 0 Å². The van der Waals surface area contributed by atoms with Crippen molar-refractivity contribution in [2.45, 2.75) is 6.04 Å². The Morgan fingerprint density at radius 3 is 2.50 bits per heavy atom. The second-order valence-corrected chi connectivity index (χ2v) is 2.36. The highest BCUT2D eigenvalue weighted by Gasteiger charge is 1.97. The van der Waals surface area contributed by atoms with E-state index in [9.17, 15) is 0 Å². The standard InChI is InChI=1S/C6H11NS/c1-4-6(7)5(2)8-3/h4,6H,1-2,7H2,3H3.